The number of aromatic amines is 1. The van der Waals surface area contributed by atoms with E-state index in [0.717, 1.165) is 16.9 Å². The van der Waals surface area contributed by atoms with E-state index < -0.39 is 29.9 Å². The minimum atomic E-state index is -1.18. The Balaban J connectivity index is 1.72. The average Bonchev–Trinajstić information content (AvgIpc) is 3.47. The molecule has 2 heterocycles. The molecular formula is C23H23N3O7S. The molecule has 0 aliphatic carbocycles. The molecule has 0 aliphatic rings. The number of nitrogens with one attached hydrogen (secondary N) is 2. The van der Waals surface area contributed by atoms with E-state index in [1.54, 1.807) is 50.5 Å². The Labute approximate surface area is 199 Å². The summed E-state index contributed by atoms with van der Waals surface area (Å²) in [6, 6.07) is 6.53. The van der Waals surface area contributed by atoms with Gasteiger partial charge in [0.15, 0.2) is 6.10 Å². The van der Waals surface area contributed by atoms with Gasteiger partial charge in [0, 0.05) is 18.0 Å². The lowest BCUT2D eigenvalue weighted by molar-refractivity contribution is -0.123. The van der Waals surface area contributed by atoms with Crippen molar-refractivity contribution in [1.82, 2.24) is 9.97 Å². The fraction of sp³-hybridized carbons (Fsp3) is 0.261. The smallest absolute Gasteiger partial charge is 0.348 e. The number of hydrogen-bond donors (Lipinski definition) is 2. The van der Waals surface area contributed by atoms with Gasteiger partial charge in [-0.05, 0) is 38.5 Å². The van der Waals surface area contributed by atoms with Gasteiger partial charge >= 0.3 is 17.9 Å². The van der Waals surface area contributed by atoms with Crippen molar-refractivity contribution in [2.45, 2.75) is 26.9 Å². The van der Waals surface area contributed by atoms with Crippen LogP contribution in [0.2, 0.25) is 0 Å². The summed E-state index contributed by atoms with van der Waals surface area (Å²) in [5.74, 6) is -2.06. The lowest BCUT2D eigenvalue weighted by Gasteiger charge is -2.13. The number of anilines is 1. The number of benzene rings is 1. The highest BCUT2D eigenvalue weighted by molar-refractivity contribution is 7.18. The van der Waals surface area contributed by atoms with Crippen LogP contribution in [0.25, 0.3) is 11.4 Å². The van der Waals surface area contributed by atoms with Crippen molar-refractivity contribution in [3.8, 4) is 11.4 Å². The Hall–Kier alpha value is -3.99. The van der Waals surface area contributed by atoms with Gasteiger partial charge in [0.05, 0.1) is 24.8 Å². The topological polar surface area (TPSA) is 137 Å². The van der Waals surface area contributed by atoms with Crippen LogP contribution in [0.4, 0.5) is 5.00 Å². The lowest BCUT2D eigenvalue weighted by atomic mass is 10.1. The first-order chi connectivity index (χ1) is 16.3. The van der Waals surface area contributed by atoms with Gasteiger partial charge in [0.2, 0.25) is 0 Å². The van der Waals surface area contributed by atoms with E-state index in [0.29, 0.717) is 11.4 Å². The summed E-state index contributed by atoms with van der Waals surface area (Å²) in [6.07, 6.45) is 2.12. The van der Waals surface area contributed by atoms with Crippen molar-refractivity contribution < 1.29 is 33.4 Å². The standard InChI is InChI=1S/C23H23N3O7S/c1-5-32-23(30)17-12(2)16(22(29)31-4)20(34-17)26-19(27)13(3)33-21(28)15-8-6-14(7-9-15)18-24-10-11-25-18/h6-11,13H,5H2,1-4H3,(H,24,25)(H,26,27). The summed E-state index contributed by atoms with van der Waals surface area (Å²) in [5, 5.41) is 2.65. The third-order valence-electron chi connectivity index (χ3n) is 4.78. The number of H-pyrrole nitrogens is 1. The lowest BCUT2D eigenvalue weighted by Crippen LogP contribution is -2.30. The summed E-state index contributed by atoms with van der Waals surface area (Å²) in [6.45, 7) is 4.77. The van der Waals surface area contributed by atoms with E-state index in [4.69, 9.17) is 14.2 Å². The summed E-state index contributed by atoms with van der Waals surface area (Å²) in [7, 11) is 1.19. The maximum Gasteiger partial charge on any atom is 0.348 e. The zero-order valence-electron chi connectivity index (χ0n) is 19.0. The monoisotopic (exact) mass is 485 g/mol. The molecule has 11 heteroatoms. The molecule has 1 atom stereocenters. The second-order valence-electron chi connectivity index (χ2n) is 7.02. The highest BCUT2D eigenvalue weighted by atomic mass is 32.1. The highest BCUT2D eigenvalue weighted by Gasteiger charge is 2.28. The molecule has 1 aromatic carbocycles. The molecule has 0 aliphatic heterocycles. The average molecular weight is 486 g/mol. The van der Waals surface area contributed by atoms with E-state index >= 15 is 0 Å². The van der Waals surface area contributed by atoms with Gasteiger partial charge in [-0.25, -0.2) is 19.4 Å². The van der Waals surface area contributed by atoms with Crippen molar-refractivity contribution >= 4 is 40.2 Å². The van der Waals surface area contributed by atoms with Gasteiger partial charge in [-0.1, -0.05) is 12.1 Å². The van der Waals surface area contributed by atoms with E-state index in [-0.39, 0.29) is 27.6 Å². The second kappa shape index (κ2) is 10.8. The van der Waals surface area contributed by atoms with E-state index in [1.807, 2.05) is 0 Å². The number of esters is 3. The van der Waals surface area contributed by atoms with Crippen molar-refractivity contribution in [2.75, 3.05) is 19.0 Å². The van der Waals surface area contributed by atoms with Crippen LogP contribution in [0.15, 0.2) is 36.7 Å². The largest absolute Gasteiger partial charge is 0.465 e. The summed E-state index contributed by atoms with van der Waals surface area (Å²) < 4.78 is 15.1. The summed E-state index contributed by atoms with van der Waals surface area (Å²) in [5.41, 5.74) is 1.40. The van der Waals surface area contributed by atoms with E-state index in [9.17, 15) is 19.2 Å². The number of rotatable bonds is 8. The van der Waals surface area contributed by atoms with Gasteiger partial charge in [0.25, 0.3) is 5.91 Å². The first-order valence-corrected chi connectivity index (χ1v) is 11.1. The normalized spacial score (nSPS) is 11.4. The number of thiophene rings is 1. The maximum absolute atomic E-state index is 12.7. The van der Waals surface area contributed by atoms with Crippen LogP contribution in [0.1, 0.15) is 49.8 Å². The van der Waals surface area contributed by atoms with Gasteiger partial charge in [0.1, 0.15) is 15.7 Å². The number of hydrogen-bond acceptors (Lipinski definition) is 9. The highest BCUT2D eigenvalue weighted by Crippen LogP contribution is 2.34. The predicted octanol–water partition coefficient (Wildman–Crippen LogP) is 3.59. The molecule has 0 bridgehead atoms. The number of amides is 1. The van der Waals surface area contributed by atoms with Gasteiger partial charge in [-0.15, -0.1) is 11.3 Å². The van der Waals surface area contributed by atoms with Crippen LogP contribution in [0.3, 0.4) is 0 Å². The summed E-state index contributed by atoms with van der Waals surface area (Å²) in [4.78, 5) is 56.9. The van der Waals surface area contributed by atoms with Crippen LogP contribution in [0, 0.1) is 6.92 Å². The van der Waals surface area contributed by atoms with E-state index in [2.05, 4.69) is 15.3 Å². The van der Waals surface area contributed by atoms with Crippen molar-refractivity contribution in [2.24, 2.45) is 0 Å². The quantitative estimate of drug-likeness (QED) is 0.365. The Morgan fingerprint density at radius 2 is 1.82 bits per heavy atom. The molecule has 0 saturated carbocycles. The number of aromatic nitrogens is 2. The third kappa shape index (κ3) is 5.31. The van der Waals surface area contributed by atoms with Crippen LogP contribution >= 0.6 is 11.3 Å². The zero-order chi connectivity index (χ0) is 24.8. The fourth-order valence-electron chi connectivity index (χ4n) is 3.02. The number of carbonyl (C=O) groups is 4. The van der Waals surface area contributed by atoms with Crippen molar-refractivity contribution in [3.05, 3.63) is 58.2 Å². The van der Waals surface area contributed by atoms with Crippen molar-refractivity contribution in [3.63, 3.8) is 0 Å². The molecule has 1 amide bonds. The summed E-state index contributed by atoms with van der Waals surface area (Å²) >= 11 is 0.882. The van der Waals surface area contributed by atoms with Crippen LogP contribution in [-0.4, -0.2) is 53.6 Å². The molecule has 3 aromatic rings. The molecule has 0 radical (unpaired) electrons. The first-order valence-electron chi connectivity index (χ1n) is 10.3. The fourth-order valence-corrected chi connectivity index (χ4v) is 4.12. The Morgan fingerprint density at radius 3 is 2.41 bits per heavy atom. The Morgan fingerprint density at radius 1 is 1.12 bits per heavy atom. The predicted molar refractivity (Wildman–Crippen MR) is 124 cm³/mol. The van der Waals surface area contributed by atoms with Crippen LogP contribution in [0.5, 0.6) is 0 Å². The van der Waals surface area contributed by atoms with Crippen molar-refractivity contribution in [1.29, 1.82) is 0 Å². The molecule has 0 spiro atoms. The van der Waals surface area contributed by atoms with Gasteiger partial charge in [-0.2, -0.15) is 0 Å². The molecule has 2 aromatic heterocycles. The van der Waals surface area contributed by atoms with Gasteiger partial charge in [-0.3, -0.25) is 4.79 Å². The third-order valence-corrected chi connectivity index (χ3v) is 5.97. The van der Waals surface area contributed by atoms with Crippen LogP contribution < -0.4 is 5.32 Å². The number of ether oxygens (including phenoxy) is 3. The number of carbonyl (C=O) groups excluding carboxylic acids is 4. The molecule has 0 saturated heterocycles. The molecule has 3 rings (SSSR count). The second-order valence-corrected chi connectivity index (χ2v) is 8.04. The van der Waals surface area contributed by atoms with Crippen LogP contribution in [-0.2, 0) is 19.0 Å². The molecule has 10 nitrogen and oxygen atoms in total. The first kappa shape index (κ1) is 24.6. The van der Waals surface area contributed by atoms with Gasteiger partial charge < -0.3 is 24.5 Å². The number of imidazole rings is 1. The molecule has 34 heavy (non-hydrogen) atoms. The minimum absolute atomic E-state index is 0.0379. The molecule has 2 N–H and O–H groups in total. The number of nitrogens with zero attached hydrogens (tertiary/aromatic N) is 1. The Kier molecular flexibility index (Phi) is 7.79. The minimum Gasteiger partial charge on any atom is -0.465 e. The molecule has 178 valence electrons. The molecular weight excluding hydrogens is 462 g/mol. The molecule has 0 fully saturated rings. The Bertz CT molecular complexity index is 1200. The maximum atomic E-state index is 12.7. The SMILES string of the molecule is CCOC(=O)c1sc(NC(=O)C(C)OC(=O)c2ccc(-c3ncc[nH]3)cc2)c(C(=O)OC)c1C. The van der Waals surface area contributed by atoms with E-state index in [1.165, 1.54) is 14.0 Å². The zero-order valence-corrected chi connectivity index (χ0v) is 19.8. The number of methoxy groups -OCH3 is 1. The molecule has 1 unspecified atom stereocenters.